The number of nitrogens with two attached hydrogens (primary N) is 1. The summed E-state index contributed by atoms with van der Waals surface area (Å²) in [6.07, 6.45) is 1.81. The third kappa shape index (κ3) is 2.57. The minimum Gasteiger partial charge on any atom is -0.478 e. The number of ether oxygens (including phenoxy) is 1. The number of aliphatic imine (C=N–C) groups is 1. The van der Waals surface area contributed by atoms with Gasteiger partial charge in [-0.2, -0.15) is 0 Å². The molecule has 0 aliphatic carbocycles. The molecule has 0 saturated heterocycles. The molecule has 0 amide bonds. The van der Waals surface area contributed by atoms with Crippen molar-refractivity contribution in [2.45, 2.75) is 18.9 Å². The third-order valence-corrected chi connectivity index (χ3v) is 2.49. The Morgan fingerprint density at radius 1 is 1.33 bits per heavy atom. The smallest absolute Gasteiger partial charge is 0.184 e. The molecule has 1 heterocycles. The lowest BCUT2D eigenvalue weighted by Crippen LogP contribution is -2.04. The van der Waals surface area contributed by atoms with Gasteiger partial charge in [-0.15, -0.1) is 0 Å². The van der Waals surface area contributed by atoms with E-state index in [1.54, 1.807) is 0 Å². The van der Waals surface area contributed by atoms with Gasteiger partial charge in [-0.3, -0.25) is 0 Å². The van der Waals surface area contributed by atoms with Crippen molar-refractivity contribution in [3.63, 3.8) is 0 Å². The second-order valence-corrected chi connectivity index (χ2v) is 3.65. The van der Waals surface area contributed by atoms with Crippen LogP contribution in [0.25, 0.3) is 0 Å². The van der Waals surface area contributed by atoms with E-state index in [-0.39, 0.29) is 6.04 Å². The summed E-state index contributed by atoms with van der Waals surface area (Å²) in [6.45, 7) is 1.36. The zero-order valence-corrected chi connectivity index (χ0v) is 8.73. The van der Waals surface area contributed by atoms with E-state index in [2.05, 4.69) is 17.1 Å². The zero-order chi connectivity index (χ0) is 10.5. The lowest BCUT2D eigenvalue weighted by atomic mass is 10.1. The minimum absolute atomic E-state index is 0.180. The minimum atomic E-state index is 0.180. The fourth-order valence-electron chi connectivity index (χ4n) is 1.66. The van der Waals surface area contributed by atoms with Crippen molar-refractivity contribution >= 4 is 5.90 Å². The van der Waals surface area contributed by atoms with Crippen molar-refractivity contribution in [2.75, 3.05) is 13.2 Å². The summed E-state index contributed by atoms with van der Waals surface area (Å²) in [4.78, 5) is 4.53. The molecule has 0 spiro atoms. The molecule has 0 bridgehead atoms. The van der Waals surface area contributed by atoms with E-state index in [4.69, 9.17) is 10.5 Å². The summed E-state index contributed by atoms with van der Waals surface area (Å²) in [5, 5.41) is 0. The number of hydrogen-bond donors (Lipinski definition) is 1. The van der Waals surface area contributed by atoms with Crippen molar-refractivity contribution in [3.05, 3.63) is 35.9 Å². The Hall–Kier alpha value is -1.35. The third-order valence-electron chi connectivity index (χ3n) is 2.49. The molecule has 1 atom stereocenters. The Balaban J connectivity index is 1.99. The van der Waals surface area contributed by atoms with Gasteiger partial charge in [0.05, 0.1) is 0 Å². The average Bonchev–Trinajstić information content (AvgIpc) is 2.76. The monoisotopic (exact) mass is 204 g/mol. The van der Waals surface area contributed by atoms with E-state index in [0.717, 1.165) is 18.7 Å². The van der Waals surface area contributed by atoms with Crippen molar-refractivity contribution in [2.24, 2.45) is 10.7 Å². The van der Waals surface area contributed by atoms with E-state index in [1.165, 1.54) is 5.56 Å². The van der Waals surface area contributed by atoms with Gasteiger partial charge >= 0.3 is 0 Å². The van der Waals surface area contributed by atoms with Crippen LogP contribution in [0.1, 0.15) is 24.4 Å². The first-order chi connectivity index (χ1) is 7.40. The van der Waals surface area contributed by atoms with Crippen LogP contribution in [0.4, 0.5) is 0 Å². The predicted octanol–water partition coefficient (Wildman–Crippen LogP) is 1.90. The largest absolute Gasteiger partial charge is 0.478 e. The number of nitrogens with zero attached hydrogens (tertiary/aromatic N) is 1. The fraction of sp³-hybridized carbons (Fsp3) is 0.417. The summed E-state index contributed by atoms with van der Waals surface area (Å²) in [5.74, 6) is 0.856. The van der Waals surface area contributed by atoms with Crippen LogP contribution in [0.5, 0.6) is 0 Å². The second kappa shape index (κ2) is 4.94. The first-order valence-electron chi connectivity index (χ1n) is 5.34. The normalized spacial score (nSPS) is 19.8. The standard InChI is InChI=1S/C12H16N2O/c13-8-4-7-12-14-11(9-15-12)10-5-2-1-3-6-10/h1-3,5-6,11H,4,7-9,13H2. The van der Waals surface area contributed by atoms with E-state index in [9.17, 15) is 0 Å². The van der Waals surface area contributed by atoms with Gasteiger partial charge in [0.2, 0.25) is 0 Å². The van der Waals surface area contributed by atoms with Crippen LogP contribution in [0.3, 0.4) is 0 Å². The lowest BCUT2D eigenvalue weighted by Gasteiger charge is -2.03. The van der Waals surface area contributed by atoms with E-state index in [1.807, 2.05) is 18.2 Å². The highest BCUT2D eigenvalue weighted by Crippen LogP contribution is 2.23. The molecule has 0 fully saturated rings. The molecule has 15 heavy (non-hydrogen) atoms. The van der Waals surface area contributed by atoms with Crippen LogP contribution in [0, 0.1) is 0 Å². The van der Waals surface area contributed by atoms with E-state index < -0.39 is 0 Å². The first-order valence-corrected chi connectivity index (χ1v) is 5.34. The molecule has 0 aromatic heterocycles. The maximum atomic E-state index is 5.52. The fourth-order valence-corrected chi connectivity index (χ4v) is 1.66. The van der Waals surface area contributed by atoms with Crippen LogP contribution in [0.2, 0.25) is 0 Å². The Morgan fingerprint density at radius 3 is 2.87 bits per heavy atom. The van der Waals surface area contributed by atoms with Crippen LogP contribution in [0.15, 0.2) is 35.3 Å². The number of hydrogen-bond acceptors (Lipinski definition) is 3. The molecular formula is C12H16N2O. The Morgan fingerprint density at radius 2 is 2.13 bits per heavy atom. The number of rotatable bonds is 4. The molecule has 2 rings (SSSR count). The zero-order valence-electron chi connectivity index (χ0n) is 8.73. The Labute approximate surface area is 90.0 Å². The van der Waals surface area contributed by atoms with Gasteiger partial charge in [-0.25, -0.2) is 4.99 Å². The molecule has 1 aliphatic rings. The molecule has 0 saturated carbocycles. The molecule has 0 radical (unpaired) electrons. The molecular weight excluding hydrogens is 188 g/mol. The molecule has 3 heteroatoms. The summed E-state index contributed by atoms with van der Waals surface area (Å²) < 4.78 is 5.52. The van der Waals surface area contributed by atoms with Crippen LogP contribution >= 0.6 is 0 Å². The second-order valence-electron chi connectivity index (χ2n) is 3.65. The van der Waals surface area contributed by atoms with Crippen molar-refractivity contribution < 1.29 is 4.74 Å². The predicted molar refractivity (Wildman–Crippen MR) is 60.9 cm³/mol. The van der Waals surface area contributed by atoms with Crippen molar-refractivity contribution in [3.8, 4) is 0 Å². The highest BCUT2D eigenvalue weighted by atomic mass is 16.5. The molecule has 1 unspecified atom stereocenters. The molecule has 1 aromatic rings. The van der Waals surface area contributed by atoms with Crippen LogP contribution in [-0.4, -0.2) is 19.0 Å². The Bertz CT molecular complexity index is 335. The van der Waals surface area contributed by atoms with Gasteiger partial charge in [-0.05, 0) is 18.5 Å². The van der Waals surface area contributed by atoms with Crippen molar-refractivity contribution in [1.29, 1.82) is 0 Å². The average molecular weight is 204 g/mol. The summed E-state index contributed by atoms with van der Waals surface area (Å²) in [7, 11) is 0. The van der Waals surface area contributed by atoms with Gasteiger partial charge in [0, 0.05) is 6.42 Å². The highest BCUT2D eigenvalue weighted by molar-refractivity contribution is 5.77. The van der Waals surface area contributed by atoms with Gasteiger partial charge in [0.1, 0.15) is 12.6 Å². The van der Waals surface area contributed by atoms with Gasteiger partial charge in [0.25, 0.3) is 0 Å². The molecule has 1 aromatic carbocycles. The van der Waals surface area contributed by atoms with Crippen molar-refractivity contribution in [1.82, 2.24) is 0 Å². The molecule has 3 nitrogen and oxygen atoms in total. The maximum absolute atomic E-state index is 5.52. The highest BCUT2D eigenvalue weighted by Gasteiger charge is 2.19. The Kier molecular flexibility index (Phi) is 3.35. The van der Waals surface area contributed by atoms with Crippen LogP contribution in [-0.2, 0) is 4.74 Å². The van der Waals surface area contributed by atoms with Gasteiger partial charge in [0.15, 0.2) is 5.90 Å². The first kappa shape index (κ1) is 10.2. The number of benzene rings is 1. The topological polar surface area (TPSA) is 47.6 Å². The SMILES string of the molecule is NCCCC1=NC(c2ccccc2)CO1. The molecule has 1 aliphatic heterocycles. The lowest BCUT2D eigenvalue weighted by molar-refractivity contribution is 0.311. The van der Waals surface area contributed by atoms with Gasteiger partial charge < -0.3 is 10.5 Å². The maximum Gasteiger partial charge on any atom is 0.184 e. The molecule has 80 valence electrons. The summed E-state index contributed by atoms with van der Waals surface area (Å²) in [5.41, 5.74) is 6.66. The van der Waals surface area contributed by atoms with Crippen LogP contribution < -0.4 is 5.73 Å². The van der Waals surface area contributed by atoms with Gasteiger partial charge in [-0.1, -0.05) is 30.3 Å². The van der Waals surface area contributed by atoms with E-state index >= 15 is 0 Å². The summed E-state index contributed by atoms with van der Waals surface area (Å²) in [6, 6.07) is 10.4. The van der Waals surface area contributed by atoms with E-state index in [0.29, 0.717) is 13.2 Å². The quantitative estimate of drug-likeness (QED) is 0.814. The summed E-state index contributed by atoms with van der Waals surface area (Å²) >= 11 is 0. The molecule has 2 N–H and O–H groups in total.